The van der Waals surface area contributed by atoms with Crippen molar-refractivity contribution in [3.05, 3.63) is 64.6 Å². The Bertz CT molecular complexity index is 559. The highest BCUT2D eigenvalue weighted by Gasteiger charge is 2.16. The predicted molar refractivity (Wildman–Crippen MR) is 83.7 cm³/mol. The van der Waals surface area contributed by atoms with Crippen LogP contribution in [0.1, 0.15) is 11.5 Å². The Morgan fingerprint density at radius 3 is 2.32 bits per heavy atom. The molecule has 100 valence electrons. The predicted octanol–water partition coefficient (Wildman–Crippen LogP) is 3.30. The molecule has 2 nitrogen and oxygen atoms in total. The molecule has 2 aromatic rings. The number of rotatable bonds is 5. The average Bonchev–Trinajstić information content (AvgIpc) is 2.46. The third kappa shape index (κ3) is 3.75. The van der Waals surface area contributed by atoms with E-state index in [0.717, 1.165) is 14.9 Å². The second kappa shape index (κ2) is 6.98. The first-order chi connectivity index (χ1) is 9.22. The molecule has 2 unspecified atom stereocenters. The van der Waals surface area contributed by atoms with Crippen molar-refractivity contribution in [3.63, 3.8) is 0 Å². The first-order valence-corrected chi connectivity index (χ1v) is 8.21. The molecule has 0 saturated carbocycles. The minimum absolute atomic E-state index is 0.120. The van der Waals surface area contributed by atoms with Gasteiger partial charge in [0.15, 0.2) is 0 Å². The van der Waals surface area contributed by atoms with E-state index in [0.29, 0.717) is 12.3 Å². The summed E-state index contributed by atoms with van der Waals surface area (Å²) in [5.41, 5.74) is 6.97. The Labute approximate surface area is 124 Å². The molecule has 0 aliphatic carbocycles. The summed E-state index contributed by atoms with van der Waals surface area (Å²) in [6.07, 6.45) is 0. The van der Waals surface area contributed by atoms with Crippen LogP contribution in [-0.4, -0.2) is 16.5 Å². The molecule has 0 radical (unpaired) electrons. The van der Waals surface area contributed by atoms with Crippen LogP contribution in [0, 0.1) is 0 Å². The van der Waals surface area contributed by atoms with Gasteiger partial charge < -0.3 is 5.73 Å². The first kappa shape index (κ1) is 14.4. The van der Waals surface area contributed by atoms with Crippen molar-refractivity contribution in [3.8, 4) is 0 Å². The summed E-state index contributed by atoms with van der Waals surface area (Å²) in [6, 6.07) is 17.6. The van der Waals surface area contributed by atoms with Crippen LogP contribution in [0.4, 0.5) is 0 Å². The molecular weight excluding hydrogens is 322 g/mol. The average molecular weight is 338 g/mol. The minimum Gasteiger partial charge on any atom is -0.330 e. The lowest BCUT2D eigenvalue weighted by Crippen LogP contribution is -2.19. The molecule has 19 heavy (non-hydrogen) atoms. The van der Waals surface area contributed by atoms with E-state index in [4.69, 9.17) is 5.73 Å². The third-order valence-electron chi connectivity index (χ3n) is 2.99. The van der Waals surface area contributed by atoms with Crippen molar-refractivity contribution in [1.82, 2.24) is 0 Å². The Morgan fingerprint density at radius 1 is 1.05 bits per heavy atom. The van der Waals surface area contributed by atoms with Gasteiger partial charge in [0.25, 0.3) is 0 Å². The number of nitrogens with two attached hydrogens (primary N) is 1. The second-order valence-electron chi connectivity index (χ2n) is 4.29. The molecule has 0 aliphatic rings. The third-order valence-corrected chi connectivity index (χ3v) is 5.50. The zero-order valence-corrected chi connectivity index (χ0v) is 12.9. The minimum atomic E-state index is -1.05. The number of hydrogen-bond donors (Lipinski definition) is 1. The van der Waals surface area contributed by atoms with Crippen molar-refractivity contribution < 1.29 is 4.21 Å². The van der Waals surface area contributed by atoms with E-state index < -0.39 is 10.8 Å². The second-order valence-corrected chi connectivity index (χ2v) is 6.60. The lowest BCUT2D eigenvalue weighted by Gasteiger charge is -2.15. The van der Waals surface area contributed by atoms with Crippen LogP contribution in [0.5, 0.6) is 0 Å². The maximum Gasteiger partial charge on any atom is 0.0547 e. The van der Waals surface area contributed by atoms with E-state index >= 15 is 0 Å². The Kier molecular flexibility index (Phi) is 5.31. The van der Waals surface area contributed by atoms with Crippen LogP contribution in [0.25, 0.3) is 0 Å². The molecule has 0 aliphatic heterocycles. The van der Waals surface area contributed by atoms with Crippen molar-refractivity contribution in [2.45, 2.75) is 10.8 Å². The maximum absolute atomic E-state index is 12.4. The van der Waals surface area contributed by atoms with Crippen LogP contribution >= 0.6 is 15.9 Å². The van der Waals surface area contributed by atoms with Crippen LogP contribution < -0.4 is 5.73 Å². The van der Waals surface area contributed by atoms with Crippen molar-refractivity contribution in [2.75, 3.05) is 12.3 Å². The van der Waals surface area contributed by atoms with Gasteiger partial charge >= 0.3 is 0 Å². The lowest BCUT2D eigenvalue weighted by atomic mass is 10.0. The number of hydrogen-bond acceptors (Lipinski definition) is 2. The van der Waals surface area contributed by atoms with E-state index in [1.54, 1.807) is 0 Å². The van der Waals surface area contributed by atoms with Gasteiger partial charge in [0.2, 0.25) is 0 Å². The van der Waals surface area contributed by atoms with Gasteiger partial charge in [-0.15, -0.1) is 0 Å². The molecule has 0 bridgehead atoms. The zero-order chi connectivity index (χ0) is 13.7. The highest BCUT2D eigenvalue weighted by molar-refractivity contribution is 9.10. The van der Waals surface area contributed by atoms with Crippen LogP contribution in [0.3, 0.4) is 0 Å². The molecule has 0 saturated heterocycles. The zero-order valence-electron chi connectivity index (χ0n) is 10.5. The molecule has 2 atom stereocenters. The summed E-state index contributed by atoms with van der Waals surface area (Å²) in [4.78, 5) is 0.830. The van der Waals surface area contributed by atoms with E-state index in [-0.39, 0.29) is 5.92 Å². The highest BCUT2D eigenvalue weighted by Crippen LogP contribution is 2.23. The van der Waals surface area contributed by atoms with Crippen molar-refractivity contribution in [1.29, 1.82) is 0 Å². The quantitative estimate of drug-likeness (QED) is 0.909. The Balaban J connectivity index is 2.16. The number of halogens is 1. The van der Waals surface area contributed by atoms with Gasteiger partial charge in [-0.2, -0.15) is 0 Å². The van der Waals surface area contributed by atoms with E-state index in [9.17, 15) is 4.21 Å². The summed E-state index contributed by atoms with van der Waals surface area (Å²) in [5.74, 6) is 0.664. The van der Waals surface area contributed by atoms with E-state index in [1.807, 2.05) is 54.6 Å². The normalized spacial score (nSPS) is 14.0. The topological polar surface area (TPSA) is 43.1 Å². The SMILES string of the molecule is NCC(CS(=O)c1ccccc1Br)c1ccccc1. The van der Waals surface area contributed by atoms with E-state index in [2.05, 4.69) is 15.9 Å². The van der Waals surface area contributed by atoms with Gasteiger partial charge in [-0.3, -0.25) is 4.21 Å². The summed E-state index contributed by atoms with van der Waals surface area (Å²) in [7, 11) is -1.05. The van der Waals surface area contributed by atoms with Gasteiger partial charge in [0.1, 0.15) is 0 Å². The van der Waals surface area contributed by atoms with Gasteiger partial charge in [0, 0.05) is 22.7 Å². The molecule has 2 N–H and O–H groups in total. The molecule has 0 fully saturated rings. The highest BCUT2D eigenvalue weighted by atomic mass is 79.9. The smallest absolute Gasteiger partial charge is 0.0547 e. The van der Waals surface area contributed by atoms with Crippen molar-refractivity contribution in [2.24, 2.45) is 5.73 Å². The molecular formula is C15H16BrNOS. The molecule has 0 heterocycles. The standard InChI is InChI=1S/C15H16BrNOS/c16-14-8-4-5-9-15(14)19(18)11-13(10-17)12-6-2-1-3-7-12/h1-9,13H,10-11,17H2. The Morgan fingerprint density at radius 2 is 1.68 bits per heavy atom. The Hall–Kier alpha value is -0.970. The van der Waals surface area contributed by atoms with Gasteiger partial charge in [-0.05, 0) is 33.6 Å². The van der Waals surface area contributed by atoms with Gasteiger partial charge in [-0.25, -0.2) is 0 Å². The summed E-state index contributed by atoms with van der Waals surface area (Å²) in [5, 5.41) is 0. The summed E-state index contributed by atoms with van der Waals surface area (Å²) < 4.78 is 13.3. The maximum atomic E-state index is 12.4. The molecule has 2 rings (SSSR count). The van der Waals surface area contributed by atoms with Crippen LogP contribution in [-0.2, 0) is 10.8 Å². The van der Waals surface area contributed by atoms with E-state index in [1.165, 1.54) is 0 Å². The largest absolute Gasteiger partial charge is 0.330 e. The van der Waals surface area contributed by atoms with Crippen molar-refractivity contribution >= 4 is 26.7 Å². The first-order valence-electron chi connectivity index (χ1n) is 6.10. The monoisotopic (exact) mass is 337 g/mol. The van der Waals surface area contributed by atoms with Gasteiger partial charge in [0.05, 0.1) is 15.7 Å². The molecule has 0 aromatic heterocycles. The molecule has 4 heteroatoms. The molecule has 0 amide bonds. The summed E-state index contributed by atoms with van der Waals surface area (Å²) >= 11 is 3.44. The fourth-order valence-electron chi connectivity index (χ4n) is 1.93. The fraction of sp³-hybridized carbons (Fsp3) is 0.200. The van der Waals surface area contributed by atoms with Gasteiger partial charge in [-0.1, -0.05) is 42.5 Å². The molecule has 0 spiro atoms. The molecule has 2 aromatic carbocycles. The van der Waals surface area contributed by atoms with Crippen LogP contribution in [0.2, 0.25) is 0 Å². The fourth-order valence-corrected chi connectivity index (χ4v) is 4.14. The lowest BCUT2D eigenvalue weighted by molar-refractivity contribution is 0.672. The number of benzene rings is 2. The van der Waals surface area contributed by atoms with Crippen LogP contribution in [0.15, 0.2) is 64.0 Å². The summed E-state index contributed by atoms with van der Waals surface area (Å²) in [6.45, 7) is 0.500.